The number of halogens is 1. The Hall–Kier alpha value is -2.24. The fourth-order valence-electron chi connectivity index (χ4n) is 3.92. The summed E-state index contributed by atoms with van der Waals surface area (Å²) in [6.45, 7) is 7.60. The highest BCUT2D eigenvalue weighted by atomic mass is 35.5. The second kappa shape index (κ2) is 8.41. The van der Waals surface area contributed by atoms with Gasteiger partial charge in [-0.15, -0.1) is 0 Å². The van der Waals surface area contributed by atoms with Gasteiger partial charge in [-0.05, 0) is 42.8 Å². The molecular formula is C22H26ClN3O2. The van der Waals surface area contributed by atoms with Crippen LogP contribution in [0.4, 0.5) is 11.4 Å². The number of hydrogen-bond donors (Lipinski definition) is 1. The number of nitrogens with one attached hydrogen (secondary N) is 1. The molecule has 1 saturated heterocycles. The van der Waals surface area contributed by atoms with Crippen LogP contribution < -0.4 is 15.0 Å². The van der Waals surface area contributed by atoms with Gasteiger partial charge in [-0.1, -0.05) is 36.7 Å². The lowest BCUT2D eigenvalue weighted by Crippen LogP contribution is -2.46. The molecule has 0 aliphatic carbocycles. The van der Waals surface area contributed by atoms with Crippen LogP contribution in [0, 0.1) is 5.92 Å². The maximum absolute atomic E-state index is 13.0. The van der Waals surface area contributed by atoms with Crippen molar-refractivity contribution in [3.8, 4) is 5.75 Å². The largest absolute Gasteiger partial charge is 0.492 e. The van der Waals surface area contributed by atoms with Gasteiger partial charge in [0.2, 0.25) is 5.91 Å². The summed E-state index contributed by atoms with van der Waals surface area (Å²) >= 11 is 6.23. The van der Waals surface area contributed by atoms with Crippen LogP contribution >= 0.6 is 11.6 Å². The van der Waals surface area contributed by atoms with Crippen LogP contribution in [0.1, 0.15) is 12.5 Å². The fraction of sp³-hybridized carbons (Fsp3) is 0.409. The van der Waals surface area contributed by atoms with E-state index in [1.54, 1.807) is 0 Å². The van der Waals surface area contributed by atoms with Crippen molar-refractivity contribution < 1.29 is 9.53 Å². The summed E-state index contributed by atoms with van der Waals surface area (Å²) < 4.78 is 5.79. The maximum atomic E-state index is 13.0. The molecule has 0 bridgehead atoms. The summed E-state index contributed by atoms with van der Waals surface area (Å²) in [6.07, 6.45) is 0.688. The Morgan fingerprint density at radius 3 is 2.75 bits per heavy atom. The zero-order valence-corrected chi connectivity index (χ0v) is 16.9. The number of fused-ring (bicyclic) bond motifs is 1. The summed E-state index contributed by atoms with van der Waals surface area (Å²) in [4.78, 5) is 17.7. The predicted molar refractivity (Wildman–Crippen MR) is 114 cm³/mol. The van der Waals surface area contributed by atoms with Gasteiger partial charge in [0.1, 0.15) is 12.4 Å². The molecule has 2 aromatic rings. The van der Waals surface area contributed by atoms with Crippen LogP contribution in [0.5, 0.6) is 5.75 Å². The van der Waals surface area contributed by atoms with Gasteiger partial charge in [0.25, 0.3) is 0 Å². The van der Waals surface area contributed by atoms with E-state index in [-0.39, 0.29) is 11.8 Å². The minimum Gasteiger partial charge on any atom is -0.492 e. The Morgan fingerprint density at radius 2 is 1.96 bits per heavy atom. The average Bonchev–Trinajstić information content (AvgIpc) is 2.73. The summed E-state index contributed by atoms with van der Waals surface area (Å²) in [7, 11) is 0. The highest BCUT2D eigenvalue weighted by molar-refractivity contribution is 6.31. The lowest BCUT2D eigenvalue weighted by atomic mass is 9.96. The first-order valence-electron chi connectivity index (χ1n) is 9.92. The van der Waals surface area contributed by atoms with E-state index in [4.69, 9.17) is 16.3 Å². The van der Waals surface area contributed by atoms with Crippen molar-refractivity contribution in [3.63, 3.8) is 0 Å². The van der Waals surface area contributed by atoms with Crippen molar-refractivity contribution in [2.24, 2.45) is 5.92 Å². The number of carbonyl (C=O) groups is 1. The lowest BCUT2D eigenvalue weighted by Gasteiger charge is -2.36. The molecule has 28 heavy (non-hydrogen) atoms. The van der Waals surface area contributed by atoms with E-state index in [1.807, 2.05) is 42.5 Å². The van der Waals surface area contributed by atoms with Gasteiger partial charge < -0.3 is 19.9 Å². The molecule has 0 spiro atoms. The molecule has 1 atom stereocenters. The van der Waals surface area contributed by atoms with E-state index in [2.05, 4.69) is 22.0 Å². The van der Waals surface area contributed by atoms with Crippen LogP contribution in [0.2, 0.25) is 5.02 Å². The topological polar surface area (TPSA) is 44.8 Å². The van der Waals surface area contributed by atoms with Gasteiger partial charge in [-0.3, -0.25) is 4.79 Å². The molecule has 2 aliphatic rings. The maximum Gasteiger partial charge on any atom is 0.231 e. The SMILES string of the molecule is CCN1CCN(c2ccc(Cl)cc2NC(=O)[C@H]2COc3ccccc3C2)CC1. The third-order valence-electron chi connectivity index (χ3n) is 5.63. The smallest absolute Gasteiger partial charge is 0.231 e. The highest BCUT2D eigenvalue weighted by Crippen LogP contribution is 2.32. The molecule has 2 aliphatic heterocycles. The second-order valence-electron chi connectivity index (χ2n) is 7.39. The van der Waals surface area contributed by atoms with Crippen LogP contribution in [0.15, 0.2) is 42.5 Å². The number of para-hydroxylation sites is 1. The van der Waals surface area contributed by atoms with Crippen LogP contribution in [-0.2, 0) is 11.2 Å². The van der Waals surface area contributed by atoms with Crippen LogP contribution in [0.3, 0.4) is 0 Å². The average molecular weight is 400 g/mol. The Morgan fingerprint density at radius 1 is 1.18 bits per heavy atom. The molecule has 6 heteroatoms. The van der Waals surface area contributed by atoms with Gasteiger partial charge in [-0.25, -0.2) is 0 Å². The van der Waals surface area contributed by atoms with E-state index < -0.39 is 0 Å². The molecule has 0 radical (unpaired) electrons. The number of hydrogen-bond acceptors (Lipinski definition) is 4. The molecule has 1 amide bonds. The molecule has 0 unspecified atom stereocenters. The molecule has 0 aromatic heterocycles. The molecule has 0 saturated carbocycles. The third-order valence-corrected chi connectivity index (χ3v) is 5.86. The monoisotopic (exact) mass is 399 g/mol. The fourth-order valence-corrected chi connectivity index (χ4v) is 4.09. The van der Waals surface area contributed by atoms with Gasteiger partial charge in [0.15, 0.2) is 0 Å². The summed E-state index contributed by atoms with van der Waals surface area (Å²) in [5, 5.41) is 3.74. The second-order valence-corrected chi connectivity index (χ2v) is 7.83. The molecule has 2 aromatic carbocycles. The zero-order valence-electron chi connectivity index (χ0n) is 16.2. The Balaban J connectivity index is 1.48. The van der Waals surface area contributed by atoms with Crippen LogP contribution in [0.25, 0.3) is 0 Å². The molecule has 148 valence electrons. The Bertz CT molecular complexity index is 849. The first-order chi connectivity index (χ1) is 13.6. The van der Waals surface area contributed by atoms with Crippen molar-refractivity contribution in [2.45, 2.75) is 13.3 Å². The Kier molecular flexibility index (Phi) is 5.74. The van der Waals surface area contributed by atoms with Gasteiger partial charge in [-0.2, -0.15) is 0 Å². The summed E-state index contributed by atoms with van der Waals surface area (Å²) in [5.74, 6) is 0.646. The number of benzene rings is 2. The normalized spacial score (nSPS) is 19.6. The number of piperazine rings is 1. The molecule has 4 rings (SSSR count). The van der Waals surface area contributed by atoms with E-state index in [1.165, 1.54) is 0 Å². The van der Waals surface area contributed by atoms with E-state index in [9.17, 15) is 4.79 Å². The molecular weight excluding hydrogens is 374 g/mol. The van der Waals surface area contributed by atoms with Crippen molar-refractivity contribution in [1.29, 1.82) is 0 Å². The van der Waals surface area contributed by atoms with Gasteiger partial charge >= 0.3 is 0 Å². The standard InChI is InChI=1S/C22H26ClN3O2/c1-2-25-9-11-26(12-10-25)20-8-7-18(23)14-19(20)24-22(27)17-13-16-5-3-4-6-21(16)28-15-17/h3-8,14,17H,2,9-13,15H2,1H3,(H,24,27)/t17-/m1/s1. The van der Waals surface area contributed by atoms with Crippen molar-refractivity contribution >= 4 is 28.9 Å². The lowest BCUT2D eigenvalue weighted by molar-refractivity contribution is -0.121. The van der Waals surface area contributed by atoms with Gasteiger partial charge in [0.05, 0.1) is 17.3 Å². The van der Waals surface area contributed by atoms with Crippen molar-refractivity contribution in [1.82, 2.24) is 4.90 Å². The quantitative estimate of drug-likeness (QED) is 0.851. The van der Waals surface area contributed by atoms with Crippen LogP contribution in [-0.4, -0.2) is 50.1 Å². The number of rotatable bonds is 4. The minimum absolute atomic E-state index is 0.0230. The number of nitrogens with zero attached hydrogens (tertiary/aromatic N) is 2. The van der Waals surface area contributed by atoms with Crippen molar-refractivity contribution in [2.75, 3.05) is 49.5 Å². The molecule has 1 fully saturated rings. The first-order valence-corrected chi connectivity index (χ1v) is 10.3. The summed E-state index contributed by atoms with van der Waals surface area (Å²) in [5.41, 5.74) is 2.89. The molecule has 5 nitrogen and oxygen atoms in total. The number of amides is 1. The third kappa shape index (κ3) is 4.10. The van der Waals surface area contributed by atoms with Crippen molar-refractivity contribution in [3.05, 3.63) is 53.1 Å². The number of anilines is 2. The van der Waals surface area contributed by atoms with E-state index in [0.717, 1.165) is 55.4 Å². The highest BCUT2D eigenvalue weighted by Gasteiger charge is 2.27. The molecule has 2 heterocycles. The zero-order chi connectivity index (χ0) is 19.5. The summed E-state index contributed by atoms with van der Waals surface area (Å²) in [6, 6.07) is 13.6. The minimum atomic E-state index is -0.210. The number of ether oxygens (including phenoxy) is 1. The predicted octanol–water partition coefficient (Wildman–Crippen LogP) is 3.67. The Labute approximate surface area is 171 Å². The van der Waals surface area contributed by atoms with E-state index in [0.29, 0.717) is 18.1 Å². The van der Waals surface area contributed by atoms with Gasteiger partial charge in [0, 0.05) is 31.2 Å². The van der Waals surface area contributed by atoms with E-state index >= 15 is 0 Å². The number of likely N-dealkylation sites (N-methyl/N-ethyl adjacent to an activating group) is 1. The number of carbonyl (C=O) groups excluding carboxylic acids is 1. The molecule has 1 N–H and O–H groups in total. The first kappa shape index (κ1) is 19.1.